The quantitative estimate of drug-likeness (QED) is 0.532. The van der Waals surface area contributed by atoms with Gasteiger partial charge in [0.25, 0.3) is 0 Å². The molecule has 0 aliphatic heterocycles. The molecule has 0 heterocycles. The molecule has 0 rings (SSSR count). The van der Waals surface area contributed by atoms with Crippen LogP contribution >= 0.6 is 11.1 Å². The van der Waals surface area contributed by atoms with Crippen molar-refractivity contribution in [2.75, 3.05) is 20.6 Å². The zero-order valence-electron chi connectivity index (χ0n) is 8.65. The first-order valence-corrected chi connectivity index (χ1v) is 7.84. The normalized spacial score (nSPS) is 16.5. The van der Waals surface area contributed by atoms with Crippen molar-refractivity contribution in [1.82, 2.24) is 9.55 Å². The lowest BCUT2D eigenvalue weighted by Crippen LogP contribution is -2.57. The molecule has 74 valence electrons. The highest BCUT2D eigenvalue weighted by Crippen LogP contribution is 2.17. The van der Waals surface area contributed by atoms with Gasteiger partial charge in [-0.15, -0.1) is 11.1 Å². The number of hydrogen-bond acceptors (Lipinski definition) is 2. The third-order valence-electron chi connectivity index (χ3n) is 2.02. The van der Waals surface area contributed by atoms with E-state index in [1.165, 1.54) is 12.8 Å². The lowest BCUT2D eigenvalue weighted by Gasteiger charge is -2.31. The lowest BCUT2D eigenvalue weighted by atomic mass is 10.4. The molecule has 0 aliphatic rings. The van der Waals surface area contributed by atoms with Gasteiger partial charge in [-0.25, -0.2) is 0 Å². The average Bonchev–Trinajstić information content (AvgIpc) is 2.01. The van der Waals surface area contributed by atoms with Gasteiger partial charge in [0.15, 0.2) is 0 Å². The first kappa shape index (κ1) is 12.4. The van der Waals surface area contributed by atoms with Crippen LogP contribution in [0.2, 0.25) is 6.04 Å². The molecule has 2 nitrogen and oxygen atoms in total. The summed E-state index contributed by atoms with van der Waals surface area (Å²) in [5.74, 6) is 0. The molecular formula is C8H21ClN2Si. The molecule has 4 heteroatoms. The SMILES string of the molecule is CCCC[Si](Cl)(NCC)N(C)C. The Morgan fingerprint density at radius 3 is 2.25 bits per heavy atom. The average molecular weight is 209 g/mol. The maximum Gasteiger partial charge on any atom is 0.304 e. The van der Waals surface area contributed by atoms with E-state index in [-0.39, 0.29) is 0 Å². The van der Waals surface area contributed by atoms with Crippen LogP contribution in [0.4, 0.5) is 0 Å². The van der Waals surface area contributed by atoms with Crippen molar-refractivity contribution in [3.63, 3.8) is 0 Å². The molecule has 0 saturated carbocycles. The maximum absolute atomic E-state index is 6.51. The highest BCUT2D eigenvalue weighted by atomic mass is 35.6. The summed E-state index contributed by atoms with van der Waals surface area (Å²) < 4.78 is 2.17. The van der Waals surface area contributed by atoms with Crippen LogP contribution in [0.5, 0.6) is 0 Å². The van der Waals surface area contributed by atoms with E-state index >= 15 is 0 Å². The Kier molecular flexibility index (Phi) is 6.18. The number of nitrogens with zero attached hydrogens (tertiary/aromatic N) is 1. The fourth-order valence-electron chi connectivity index (χ4n) is 1.15. The molecule has 0 radical (unpaired) electrons. The summed E-state index contributed by atoms with van der Waals surface area (Å²) >= 11 is 6.51. The standard InChI is InChI=1S/C8H21ClN2Si/c1-5-7-8-12(9,10-6-2)11(3)4/h10H,5-8H2,1-4H3. The molecule has 1 unspecified atom stereocenters. The second-order valence-corrected chi connectivity index (χ2v) is 8.43. The Morgan fingerprint density at radius 1 is 1.33 bits per heavy atom. The van der Waals surface area contributed by atoms with E-state index in [9.17, 15) is 0 Å². The summed E-state index contributed by atoms with van der Waals surface area (Å²) in [5, 5.41) is 0. The summed E-state index contributed by atoms with van der Waals surface area (Å²) in [4.78, 5) is 3.42. The number of hydrogen-bond donors (Lipinski definition) is 1. The van der Waals surface area contributed by atoms with E-state index in [0.717, 1.165) is 12.6 Å². The summed E-state index contributed by atoms with van der Waals surface area (Å²) in [6.07, 6.45) is 2.45. The Balaban J connectivity index is 3.99. The molecule has 1 atom stereocenters. The Bertz CT molecular complexity index is 122. The first-order chi connectivity index (χ1) is 5.56. The maximum atomic E-state index is 6.51. The van der Waals surface area contributed by atoms with Crippen LogP contribution in [-0.4, -0.2) is 32.9 Å². The summed E-state index contributed by atoms with van der Waals surface area (Å²) in [5.41, 5.74) is 0. The summed E-state index contributed by atoms with van der Waals surface area (Å²) in [6, 6.07) is 1.13. The molecule has 0 aliphatic carbocycles. The molecule has 0 spiro atoms. The van der Waals surface area contributed by atoms with E-state index in [2.05, 4.69) is 37.5 Å². The molecule has 0 aromatic carbocycles. The van der Waals surface area contributed by atoms with Crippen molar-refractivity contribution in [3.05, 3.63) is 0 Å². The highest BCUT2D eigenvalue weighted by molar-refractivity contribution is 7.17. The Morgan fingerprint density at radius 2 is 1.92 bits per heavy atom. The van der Waals surface area contributed by atoms with Gasteiger partial charge in [-0.05, 0) is 26.7 Å². The molecule has 12 heavy (non-hydrogen) atoms. The predicted octanol–water partition coefficient (Wildman–Crippen LogP) is 2.14. The Labute approximate surface area is 82.2 Å². The Hall–Kier alpha value is 0.427. The van der Waals surface area contributed by atoms with Gasteiger partial charge in [-0.2, -0.15) is 0 Å². The molecule has 0 amide bonds. The van der Waals surface area contributed by atoms with E-state index < -0.39 is 7.71 Å². The van der Waals surface area contributed by atoms with Gasteiger partial charge in [0.2, 0.25) is 0 Å². The van der Waals surface area contributed by atoms with Gasteiger partial charge in [-0.3, -0.25) is 0 Å². The van der Waals surface area contributed by atoms with Crippen molar-refractivity contribution in [2.45, 2.75) is 32.7 Å². The third kappa shape index (κ3) is 3.89. The van der Waals surface area contributed by atoms with Crippen LogP contribution in [0, 0.1) is 0 Å². The van der Waals surface area contributed by atoms with Crippen molar-refractivity contribution < 1.29 is 0 Å². The van der Waals surface area contributed by atoms with Crippen molar-refractivity contribution in [3.8, 4) is 0 Å². The van der Waals surface area contributed by atoms with Crippen molar-refractivity contribution >= 4 is 18.8 Å². The molecule has 1 N–H and O–H groups in total. The number of halogens is 1. The fourth-order valence-corrected chi connectivity index (χ4v) is 4.26. The molecule has 0 aromatic heterocycles. The highest BCUT2D eigenvalue weighted by Gasteiger charge is 2.32. The van der Waals surface area contributed by atoms with Gasteiger partial charge >= 0.3 is 7.71 Å². The minimum atomic E-state index is -1.79. The van der Waals surface area contributed by atoms with Crippen molar-refractivity contribution in [1.29, 1.82) is 0 Å². The molecular weight excluding hydrogens is 188 g/mol. The van der Waals surface area contributed by atoms with Crippen LogP contribution in [0.3, 0.4) is 0 Å². The first-order valence-electron chi connectivity index (χ1n) is 4.68. The molecule has 0 bridgehead atoms. The predicted molar refractivity (Wildman–Crippen MR) is 58.7 cm³/mol. The minimum absolute atomic E-state index is 0.970. The molecule has 0 aromatic rings. The van der Waals surface area contributed by atoms with Crippen LogP contribution in [0.1, 0.15) is 26.7 Å². The summed E-state index contributed by atoms with van der Waals surface area (Å²) in [7, 11) is 2.34. The van der Waals surface area contributed by atoms with Gasteiger partial charge in [0.05, 0.1) is 0 Å². The summed E-state index contributed by atoms with van der Waals surface area (Å²) in [6.45, 7) is 5.28. The molecule has 0 saturated heterocycles. The number of rotatable bonds is 6. The second-order valence-electron chi connectivity index (χ2n) is 3.29. The van der Waals surface area contributed by atoms with Gasteiger partial charge in [0, 0.05) is 0 Å². The van der Waals surface area contributed by atoms with E-state index in [1.54, 1.807) is 0 Å². The monoisotopic (exact) mass is 208 g/mol. The lowest BCUT2D eigenvalue weighted by molar-refractivity contribution is 0.595. The minimum Gasteiger partial charge on any atom is -0.314 e. The van der Waals surface area contributed by atoms with Crippen LogP contribution in [0.25, 0.3) is 0 Å². The van der Waals surface area contributed by atoms with Crippen LogP contribution in [-0.2, 0) is 0 Å². The van der Waals surface area contributed by atoms with Gasteiger partial charge in [-0.1, -0.05) is 26.7 Å². The fraction of sp³-hybridized carbons (Fsp3) is 1.00. The number of nitrogens with one attached hydrogen (secondary N) is 1. The van der Waals surface area contributed by atoms with Crippen LogP contribution < -0.4 is 4.98 Å². The number of unbranched alkanes of at least 4 members (excludes halogenated alkanes) is 1. The van der Waals surface area contributed by atoms with Crippen LogP contribution in [0.15, 0.2) is 0 Å². The van der Waals surface area contributed by atoms with E-state index in [1.807, 2.05) is 0 Å². The largest absolute Gasteiger partial charge is 0.314 e. The topological polar surface area (TPSA) is 15.3 Å². The zero-order chi connectivity index (χ0) is 9.61. The second kappa shape index (κ2) is 5.97. The van der Waals surface area contributed by atoms with E-state index in [4.69, 9.17) is 11.1 Å². The smallest absolute Gasteiger partial charge is 0.304 e. The van der Waals surface area contributed by atoms with Crippen molar-refractivity contribution in [2.24, 2.45) is 0 Å². The van der Waals surface area contributed by atoms with Gasteiger partial charge < -0.3 is 9.55 Å². The zero-order valence-corrected chi connectivity index (χ0v) is 10.4. The molecule has 0 fully saturated rings. The third-order valence-corrected chi connectivity index (χ3v) is 7.33. The van der Waals surface area contributed by atoms with Gasteiger partial charge in [0.1, 0.15) is 0 Å². The van der Waals surface area contributed by atoms with E-state index in [0.29, 0.717) is 0 Å².